The highest BCUT2D eigenvalue weighted by atomic mass is 16.5. The third kappa shape index (κ3) is 4.90. The van der Waals surface area contributed by atoms with E-state index in [4.69, 9.17) is 4.74 Å². The smallest absolute Gasteiger partial charge is 0.272 e. The quantitative estimate of drug-likeness (QED) is 0.792. The second-order valence-electron chi connectivity index (χ2n) is 6.63. The summed E-state index contributed by atoms with van der Waals surface area (Å²) in [6, 6.07) is 3.99. The highest BCUT2D eigenvalue weighted by molar-refractivity contribution is 5.93. The number of nitrogens with zero attached hydrogens (tertiary/aromatic N) is 3. The number of rotatable bonds is 6. The van der Waals surface area contributed by atoms with Crippen LogP contribution in [0, 0.1) is 0 Å². The number of nitrogens with one attached hydrogen (secondary N) is 1. The highest BCUT2D eigenvalue weighted by Crippen LogP contribution is 2.16. The first-order chi connectivity index (χ1) is 12.3. The van der Waals surface area contributed by atoms with Crippen LogP contribution in [-0.2, 0) is 4.74 Å². The summed E-state index contributed by atoms with van der Waals surface area (Å²) in [4.78, 5) is 20.9. The van der Waals surface area contributed by atoms with Crippen molar-refractivity contribution >= 4 is 11.6 Å². The van der Waals surface area contributed by atoms with Crippen LogP contribution < -0.4 is 5.32 Å². The molecule has 1 aromatic rings. The van der Waals surface area contributed by atoms with Gasteiger partial charge in [-0.1, -0.05) is 6.42 Å². The Bertz CT molecular complexity index is 563. The summed E-state index contributed by atoms with van der Waals surface area (Å²) in [5.41, 5.74) is 1.38. The van der Waals surface area contributed by atoms with Gasteiger partial charge in [0.15, 0.2) is 0 Å². The minimum Gasteiger partial charge on any atom is -0.395 e. The Morgan fingerprint density at radius 2 is 2.16 bits per heavy atom. The monoisotopic (exact) mass is 348 g/mol. The van der Waals surface area contributed by atoms with Gasteiger partial charge in [-0.2, -0.15) is 0 Å². The molecular weight excluding hydrogens is 320 g/mol. The predicted molar refractivity (Wildman–Crippen MR) is 95.7 cm³/mol. The van der Waals surface area contributed by atoms with Gasteiger partial charge in [0.1, 0.15) is 5.69 Å². The highest BCUT2D eigenvalue weighted by Gasteiger charge is 2.21. The van der Waals surface area contributed by atoms with E-state index in [-0.39, 0.29) is 18.6 Å². The Morgan fingerprint density at radius 1 is 1.32 bits per heavy atom. The van der Waals surface area contributed by atoms with Crippen molar-refractivity contribution in [1.82, 2.24) is 14.8 Å². The molecule has 2 saturated heterocycles. The van der Waals surface area contributed by atoms with Crippen LogP contribution in [0.5, 0.6) is 0 Å². The fraction of sp³-hybridized carbons (Fsp3) is 0.667. The predicted octanol–water partition coefficient (Wildman–Crippen LogP) is 0.813. The van der Waals surface area contributed by atoms with Crippen LogP contribution in [0.1, 0.15) is 29.8 Å². The molecule has 0 spiro atoms. The number of aliphatic hydroxyl groups is 1. The molecule has 3 heterocycles. The minimum atomic E-state index is -0.0386. The molecule has 2 N–H and O–H groups in total. The summed E-state index contributed by atoms with van der Waals surface area (Å²) in [6.45, 7) is 5.37. The molecule has 1 unspecified atom stereocenters. The van der Waals surface area contributed by atoms with E-state index in [0.717, 1.165) is 31.7 Å². The third-order valence-electron chi connectivity index (χ3n) is 4.97. The maximum Gasteiger partial charge on any atom is 0.272 e. The Morgan fingerprint density at radius 3 is 2.96 bits per heavy atom. The van der Waals surface area contributed by atoms with E-state index < -0.39 is 0 Å². The molecule has 0 saturated carbocycles. The van der Waals surface area contributed by atoms with Crippen molar-refractivity contribution in [3.05, 3.63) is 24.0 Å². The molecular formula is C18H28N4O3. The number of carbonyl (C=O) groups excluding carboxylic acids is 1. The van der Waals surface area contributed by atoms with Gasteiger partial charge in [-0.3, -0.25) is 14.7 Å². The molecule has 2 aliphatic rings. The van der Waals surface area contributed by atoms with Gasteiger partial charge < -0.3 is 20.1 Å². The SMILES string of the molecule is O=C(c1cc(NCCN2CCCCC2CO)ccn1)N1CCOCC1. The Labute approximate surface area is 149 Å². The molecule has 0 bridgehead atoms. The van der Waals surface area contributed by atoms with Crippen LogP contribution >= 0.6 is 0 Å². The third-order valence-corrected chi connectivity index (χ3v) is 4.97. The number of piperidine rings is 1. The first kappa shape index (κ1) is 18.1. The molecule has 1 amide bonds. The summed E-state index contributed by atoms with van der Waals surface area (Å²) in [7, 11) is 0. The van der Waals surface area contributed by atoms with Crippen LogP contribution in [0.3, 0.4) is 0 Å². The van der Waals surface area contributed by atoms with E-state index in [9.17, 15) is 9.90 Å². The Balaban J connectivity index is 1.52. The van der Waals surface area contributed by atoms with Crippen molar-refractivity contribution in [3.63, 3.8) is 0 Å². The summed E-state index contributed by atoms with van der Waals surface area (Å²) in [5, 5.41) is 12.9. The van der Waals surface area contributed by atoms with Gasteiger partial charge in [-0.05, 0) is 31.5 Å². The standard InChI is InChI=1S/C18H28N4O3/c23-14-16-3-1-2-7-21(16)8-6-19-15-4-5-20-17(13-15)18(24)22-9-11-25-12-10-22/h4-5,13,16,23H,1-3,6-12,14H2,(H,19,20). The van der Waals surface area contributed by atoms with Crippen LogP contribution in [0.15, 0.2) is 18.3 Å². The van der Waals surface area contributed by atoms with E-state index in [0.29, 0.717) is 32.0 Å². The van der Waals surface area contributed by atoms with E-state index in [1.54, 1.807) is 11.1 Å². The van der Waals surface area contributed by atoms with E-state index in [1.165, 1.54) is 12.8 Å². The number of anilines is 1. The number of pyridine rings is 1. The second-order valence-corrected chi connectivity index (χ2v) is 6.63. The second kappa shape index (κ2) is 9.12. The number of aromatic nitrogens is 1. The van der Waals surface area contributed by atoms with Crippen molar-refractivity contribution in [2.75, 3.05) is 57.9 Å². The van der Waals surface area contributed by atoms with Crippen LogP contribution in [0.4, 0.5) is 5.69 Å². The first-order valence-corrected chi connectivity index (χ1v) is 9.20. The minimum absolute atomic E-state index is 0.0386. The molecule has 0 aromatic carbocycles. The van der Waals surface area contributed by atoms with Gasteiger partial charge in [0.2, 0.25) is 0 Å². The zero-order valence-corrected chi connectivity index (χ0v) is 14.7. The number of likely N-dealkylation sites (tertiary alicyclic amines) is 1. The summed E-state index contributed by atoms with van der Waals surface area (Å²) in [6.07, 6.45) is 5.15. The normalized spacial score (nSPS) is 22.0. The number of amides is 1. The van der Waals surface area contributed by atoms with E-state index in [2.05, 4.69) is 15.2 Å². The number of carbonyl (C=O) groups is 1. The lowest BCUT2D eigenvalue weighted by molar-refractivity contribution is 0.0299. The topological polar surface area (TPSA) is 77.9 Å². The molecule has 7 heteroatoms. The molecule has 7 nitrogen and oxygen atoms in total. The molecule has 1 aromatic heterocycles. The molecule has 0 radical (unpaired) electrons. The average Bonchev–Trinajstić information content (AvgIpc) is 2.69. The van der Waals surface area contributed by atoms with Gasteiger partial charge in [0.25, 0.3) is 5.91 Å². The number of ether oxygens (including phenoxy) is 1. The van der Waals surface area contributed by atoms with Crippen molar-refractivity contribution < 1.29 is 14.6 Å². The number of morpholine rings is 1. The lowest BCUT2D eigenvalue weighted by Crippen LogP contribution is -2.44. The van der Waals surface area contributed by atoms with Gasteiger partial charge >= 0.3 is 0 Å². The molecule has 25 heavy (non-hydrogen) atoms. The van der Waals surface area contributed by atoms with Crippen LogP contribution in [0.25, 0.3) is 0 Å². The van der Waals surface area contributed by atoms with Gasteiger partial charge in [-0.25, -0.2) is 0 Å². The molecule has 3 rings (SSSR count). The van der Waals surface area contributed by atoms with Crippen molar-refractivity contribution in [2.45, 2.75) is 25.3 Å². The molecule has 0 aliphatic carbocycles. The van der Waals surface area contributed by atoms with Crippen LogP contribution in [-0.4, -0.2) is 84.4 Å². The Kier molecular flexibility index (Phi) is 6.61. The lowest BCUT2D eigenvalue weighted by Gasteiger charge is -2.34. The fourth-order valence-electron chi connectivity index (χ4n) is 3.49. The molecule has 138 valence electrons. The van der Waals surface area contributed by atoms with E-state index >= 15 is 0 Å². The van der Waals surface area contributed by atoms with Gasteiger partial charge in [0, 0.05) is 44.1 Å². The summed E-state index contributed by atoms with van der Waals surface area (Å²) < 4.78 is 5.29. The zero-order chi connectivity index (χ0) is 17.5. The van der Waals surface area contributed by atoms with E-state index in [1.807, 2.05) is 12.1 Å². The van der Waals surface area contributed by atoms with Crippen LogP contribution in [0.2, 0.25) is 0 Å². The maximum atomic E-state index is 12.5. The largest absolute Gasteiger partial charge is 0.395 e. The zero-order valence-electron chi connectivity index (χ0n) is 14.7. The number of hydrogen-bond acceptors (Lipinski definition) is 6. The molecule has 1 atom stereocenters. The number of aliphatic hydroxyl groups excluding tert-OH is 1. The summed E-state index contributed by atoms with van der Waals surface area (Å²) >= 11 is 0. The first-order valence-electron chi connectivity index (χ1n) is 9.20. The fourth-order valence-corrected chi connectivity index (χ4v) is 3.49. The molecule has 2 aliphatic heterocycles. The van der Waals surface area contributed by atoms with Gasteiger partial charge in [0.05, 0.1) is 19.8 Å². The van der Waals surface area contributed by atoms with Crippen molar-refractivity contribution in [2.24, 2.45) is 0 Å². The van der Waals surface area contributed by atoms with Gasteiger partial charge in [-0.15, -0.1) is 0 Å². The number of hydrogen-bond donors (Lipinski definition) is 2. The summed E-state index contributed by atoms with van der Waals surface area (Å²) in [5.74, 6) is -0.0386. The molecule has 2 fully saturated rings. The lowest BCUT2D eigenvalue weighted by atomic mass is 10.0. The van der Waals surface area contributed by atoms with Crippen molar-refractivity contribution in [3.8, 4) is 0 Å². The average molecular weight is 348 g/mol. The Hall–Kier alpha value is -1.70. The maximum absolute atomic E-state index is 12.5. The van der Waals surface area contributed by atoms with Crippen molar-refractivity contribution in [1.29, 1.82) is 0 Å².